The maximum Gasteiger partial charge on any atom is 0.138 e. The van der Waals surface area contributed by atoms with Gasteiger partial charge < -0.3 is 0 Å². The number of rotatable bonds is 2. The second kappa shape index (κ2) is 4.63. The molecule has 1 N–H and O–H groups in total. The molecule has 0 spiro atoms. The van der Waals surface area contributed by atoms with E-state index in [-0.39, 0.29) is 5.37 Å². The average Bonchev–Trinajstić information content (AvgIpc) is 2.03. The van der Waals surface area contributed by atoms with Gasteiger partial charge in [0, 0.05) is 0 Å². The molecule has 0 aromatic rings. The molecule has 1 saturated heterocycles. The number of hydroxylamine groups is 2. The summed E-state index contributed by atoms with van der Waals surface area (Å²) in [4.78, 5) is 4.32. The van der Waals surface area contributed by atoms with Crippen LogP contribution in [0, 0.1) is 5.92 Å². The van der Waals surface area contributed by atoms with Gasteiger partial charge >= 0.3 is 0 Å². The van der Waals surface area contributed by atoms with Crippen molar-refractivity contribution in [2.24, 2.45) is 5.92 Å². The van der Waals surface area contributed by atoms with Gasteiger partial charge in [0.2, 0.25) is 0 Å². The lowest BCUT2D eigenvalue weighted by Crippen LogP contribution is -2.50. The lowest BCUT2D eigenvalue weighted by atomic mass is 10.00. The van der Waals surface area contributed by atoms with E-state index in [2.05, 4.69) is 37.2 Å². The van der Waals surface area contributed by atoms with Gasteiger partial charge in [-0.3, -0.25) is 0 Å². The molecule has 13 heavy (non-hydrogen) atoms. The molecule has 0 aromatic carbocycles. The first-order valence-electron chi connectivity index (χ1n) is 4.10. The van der Waals surface area contributed by atoms with Crippen LogP contribution in [-0.4, -0.2) is 26.2 Å². The summed E-state index contributed by atoms with van der Waals surface area (Å²) in [6.45, 7) is 2.15. The monoisotopic (exact) mass is 241 g/mol. The number of hydrogen-bond donors (Lipinski definition) is 3. The van der Waals surface area contributed by atoms with Crippen LogP contribution in [0.3, 0.4) is 0 Å². The van der Waals surface area contributed by atoms with Crippen LogP contribution in [0.25, 0.3) is 0 Å². The summed E-state index contributed by atoms with van der Waals surface area (Å²) in [5.41, 5.74) is 0. The Bertz CT molecular complexity index is 183. The lowest BCUT2D eigenvalue weighted by molar-refractivity contribution is -0.413. The van der Waals surface area contributed by atoms with Gasteiger partial charge in [-0.1, -0.05) is 6.92 Å². The van der Waals surface area contributed by atoms with Crippen molar-refractivity contribution in [3.63, 3.8) is 0 Å². The highest BCUT2D eigenvalue weighted by Gasteiger charge is 2.43. The van der Waals surface area contributed by atoms with Crippen molar-refractivity contribution in [3.05, 3.63) is 0 Å². The van der Waals surface area contributed by atoms with E-state index < -0.39 is 4.20 Å². The lowest BCUT2D eigenvalue weighted by Gasteiger charge is -2.44. The first kappa shape index (κ1) is 12.0. The van der Waals surface area contributed by atoms with E-state index in [1.807, 2.05) is 6.26 Å². The molecule has 1 fully saturated rings. The largest absolute Gasteiger partial charge is 0.233 e. The van der Waals surface area contributed by atoms with Crippen molar-refractivity contribution in [3.8, 4) is 0 Å². The number of piperidine rings is 1. The average molecular weight is 241 g/mol. The SMILES string of the molecule is CSC1(S)CC(C)CC(S)N1OO. The zero-order valence-electron chi connectivity index (χ0n) is 7.67. The third-order valence-corrected chi connectivity index (χ3v) is 4.61. The fraction of sp³-hybridized carbons (Fsp3) is 1.00. The third kappa shape index (κ3) is 2.49. The van der Waals surface area contributed by atoms with Crippen LogP contribution in [0.1, 0.15) is 19.8 Å². The van der Waals surface area contributed by atoms with E-state index in [9.17, 15) is 0 Å². The number of thiol groups is 2. The van der Waals surface area contributed by atoms with Crippen molar-refractivity contribution >= 4 is 37.0 Å². The molecule has 3 unspecified atom stereocenters. The van der Waals surface area contributed by atoms with Crippen LogP contribution in [0.4, 0.5) is 0 Å². The predicted molar refractivity (Wildman–Crippen MR) is 62.0 cm³/mol. The molecule has 0 bridgehead atoms. The smallest absolute Gasteiger partial charge is 0.138 e. The number of nitrogens with zero attached hydrogens (tertiary/aromatic N) is 1. The normalized spacial score (nSPS) is 42.2. The Morgan fingerprint density at radius 2 is 2.31 bits per heavy atom. The molecule has 6 heteroatoms. The van der Waals surface area contributed by atoms with E-state index in [4.69, 9.17) is 5.26 Å². The molecule has 0 radical (unpaired) electrons. The second-order valence-corrected chi connectivity index (χ2v) is 6.10. The molecule has 1 aliphatic heterocycles. The quantitative estimate of drug-likeness (QED) is 0.300. The minimum absolute atomic E-state index is 0.0984. The Kier molecular flexibility index (Phi) is 4.28. The van der Waals surface area contributed by atoms with Crippen molar-refractivity contribution in [2.75, 3.05) is 6.26 Å². The van der Waals surface area contributed by atoms with E-state index in [1.54, 1.807) is 11.8 Å². The number of thioether (sulfide) groups is 1. The molecular weight excluding hydrogens is 226 g/mol. The van der Waals surface area contributed by atoms with E-state index in [0.717, 1.165) is 12.8 Å². The molecule has 1 rings (SSSR count). The first-order valence-corrected chi connectivity index (χ1v) is 6.29. The van der Waals surface area contributed by atoms with E-state index in [1.165, 1.54) is 5.06 Å². The summed E-state index contributed by atoms with van der Waals surface area (Å²) in [6.07, 6.45) is 3.71. The van der Waals surface area contributed by atoms with Crippen molar-refractivity contribution in [2.45, 2.75) is 29.3 Å². The van der Waals surface area contributed by atoms with Crippen LogP contribution >= 0.6 is 37.0 Å². The minimum Gasteiger partial charge on any atom is -0.233 e. The van der Waals surface area contributed by atoms with Gasteiger partial charge in [-0.05, 0) is 25.0 Å². The molecule has 3 nitrogen and oxygen atoms in total. The van der Waals surface area contributed by atoms with Crippen molar-refractivity contribution < 1.29 is 10.2 Å². The molecule has 0 amide bonds. The second-order valence-electron chi connectivity index (χ2n) is 3.38. The Hall–Kier alpha value is 0.930. The predicted octanol–water partition coefficient (Wildman–Crippen LogP) is 2.33. The standard InChI is InChI=1S/C7H15NO2S3/c1-5-3-6(11)8(10-9)7(12,4-5)13-2/h5-6,9,11-12H,3-4H2,1-2H3. The Morgan fingerprint density at radius 3 is 2.77 bits per heavy atom. The number of hydrogen-bond acceptors (Lipinski definition) is 6. The zero-order chi connectivity index (χ0) is 10.1. The topological polar surface area (TPSA) is 32.7 Å². The highest BCUT2D eigenvalue weighted by molar-refractivity contribution is 8.11. The molecule has 1 aliphatic rings. The molecular formula is C7H15NO2S3. The molecule has 0 saturated carbocycles. The summed E-state index contributed by atoms with van der Waals surface area (Å²) in [6, 6.07) is 0. The van der Waals surface area contributed by atoms with Gasteiger partial charge in [-0.25, -0.2) is 5.26 Å². The summed E-state index contributed by atoms with van der Waals surface area (Å²) >= 11 is 10.4. The van der Waals surface area contributed by atoms with Crippen LogP contribution in [0.5, 0.6) is 0 Å². The summed E-state index contributed by atoms with van der Waals surface area (Å²) in [5.74, 6) is 0.541. The molecule has 1 heterocycles. The van der Waals surface area contributed by atoms with Crippen LogP contribution in [0.2, 0.25) is 0 Å². The molecule has 3 atom stereocenters. The van der Waals surface area contributed by atoms with Gasteiger partial charge in [-0.15, -0.1) is 34.4 Å². The summed E-state index contributed by atoms with van der Waals surface area (Å²) < 4.78 is -0.473. The molecule has 0 aliphatic carbocycles. The van der Waals surface area contributed by atoms with Crippen LogP contribution in [0.15, 0.2) is 0 Å². The molecule has 0 aromatic heterocycles. The Balaban J connectivity index is 2.77. The summed E-state index contributed by atoms with van der Waals surface area (Å²) in [7, 11) is 0. The molecule has 78 valence electrons. The van der Waals surface area contributed by atoms with Crippen LogP contribution < -0.4 is 0 Å². The highest BCUT2D eigenvalue weighted by atomic mass is 32.2. The summed E-state index contributed by atoms with van der Waals surface area (Å²) in [5, 5.41) is 10.1. The van der Waals surface area contributed by atoms with Gasteiger partial charge in [0.15, 0.2) is 0 Å². The van der Waals surface area contributed by atoms with Crippen molar-refractivity contribution in [1.29, 1.82) is 0 Å². The highest BCUT2D eigenvalue weighted by Crippen LogP contribution is 2.45. The maximum absolute atomic E-state index is 8.73. The Labute approximate surface area is 93.9 Å². The van der Waals surface area contributed by atoms with Gasteiger partial charge in [-0.2, -0.15) is 12.6 Å². The van der Waals surface area contributed by atoms with Gasteiger partial charge in [0.25, 0.3) is 0 Å². The van der Waals surface area contributed by atoms with Crippen LogP contribution in [-0.2, 0) is 4.99 Å². The Morgan fingerprint density at radius 1 is 1.69 bits per heavy atom. The zero-order valence-corrected chi connectivity index (χ0v) is 10.3. The maximum atomic E-state index is 8.73. The van der Waals surface area contributed by atoms with E-state index >= 15 is 0 Å². The minimum atomic E-state index is -0.473. The first-order chi connectivity index (χ1) is 6.03. The van der Waals surface area contributed by atoms with Crippen molar-refractivity contribution in [1.82, 2.24) is 5.06 Å². The van der Waals surface area contributed by atoms with Gasteiger partial charge in [0.05, 0.1) is 5.37 Å². The van der Waals surface area contributed by atoms with E-state index in [0.29, 0.717) is 5.92 Å². The fourth-order valence-corrected chi connectivity index (χ4v) is 3.65. The third-order valence-electron chi connectivity index (χ3n) is 2.26. The van der Waals surface area contributed by atoms with Gasteiger partial charge in [0.1, 0.15) is 4.20 Å². The fourth-order valence-electron chi connectivity index (χ4n) is 1.61.